The fourth-order valence-electron chi connectivity index (χ4n) is 2.32. The number of benzene rings is 1. The second-order valence-corrected chi connectivity index (χ2v) is 5.28. The SMILES string of the molecule is COc1ccc(Cl)cc1CNC1CCC(=O)N(C)C1. The van der Waals surface area contributed by atoms with Gasteiger partial charge in [0.15, 0.2) is 0 Å². The van der Waals surface area contributed by atoms with Crippen molar-refractivity contribution in [3.8, 4) is 5.75 Å². The van der Waals surface area contributed by atoms with E-state index in [1.807, 2.05) is 25.2 Å². The van der Waals surface area contributed by atoms with Gasteiger partial charge in [0.1, 0.15) is 5.75 Å². The molecule has 0 bridgehead atoms. The van der Waals surface area contributed by atoms with Crippen LogP contribution in [-0.4, -0.2) is 37.6 Å². The van der Waals surface area contributed by atoms with Crippen LogP contribution in [0.15, 0.2) is 18.2 Å². The second kappa shape index (κ2) is 6.26. The number of piperidine rings is 1. The van der Waals surface area contributed by atoms with Crippen molar-refractivity contribution < 1.29 is 9.53 Å². The molecule has 1 aromatic rings. The molecule has 0 radical (unpaired) electrons. The number of methoxy groups -OCH3 is 1. The van der Waals surface area contributed by atoms with Crippen LogP contribution in [0.2, 0.25) is 5.02 Å². The average Bonchev–Trinajstić information content (AvgIpc) is 2.40. The Balaban J connectivity index is 1.95. The van der Waals surface area contributed by atoms with Gasteiger partial charge in [-0.3, -0.25) is 4.79 Å². The third kappa shape index (κ3) is 3.61. The summed E-state index contributed by atoms with van der Waals surface area (Å²) in [6.07, 6.45) is 1.49. The molecule has 1 aliphatic rings. The number of ether oxygens (including phenoxy) is 1. The first-order valence-electron chi connectivity index (χ1n) is 6.40. The molecular weight excluding hydrogens is 264 g/mol. The van der Waals surface area contributed by atoms with Crippen LogP contribution in [0.3, 0.4) is 0 Å². The van der Waals surface area contributed by atoms with Crippen LogP contribution in [0.5, 0.6) is 5.75 Å². The number of hydrogen-bond donors (Lipinski definition) is 1. The van der Waals surface area contributed by atoms with E-state index in [1.54, 1.807) is 12.0 Å². The van der Waals surface area contributed by atoms with Gasteiger partial charge in [-0.15, -0.1) is 0 Å². The van der Waals surface area contributed by atoms with Crippen molar-refractivity contribution in [2.24, 2.45) is 0 Å². The molecule has 0 saturated carbocycles. The van der Waals surface area contributed by atoms with Gasteiger partial charge in [-0.25, -0.2) is 0 Å². The van der Waals surface area contributed by atoms with Crippen LogP contribution in [0.4, 0.5) is 0 Å². The molecule has 104 valence electrons. The summed E-state index contributed by atoms with van der Waals surface area (Å²) in [6.45, 7) is 1.44. The van der Waals surface area contributed by atoms with Crippen LogP contribution in [0.1, 0.15) is 18.4 Å². The molecule has 5 heteroatoms. The molecular formula is C14H19ClN2O2. The zero-order chi connectivity index (χ0) is 13.8. The van der Waals surface area contributed by atoms with Crippen molar-refractivity contribution in [2.75, 3.05) is 20.7 Å². The van der Waals surface area contributed by atoms with Crippen molar-refractivity contribution in [3.63, 3.8) is 0 Å². The minimum atomic E-state index is 0.221. The first-order valence-corrected chi connectivity index (χ1v) is 6.77. The van der Waals surface area contributed by atoms with Crippen LogP contribution < -0.4 is 10.1 Å². The van der Waals surface area contributed by atoms with Gasteiger partial charge >= 0.3 is 0 Å². The van der Waals surface area contributed by atoms with E-state index < -0.39 is 0 Å². The fraction of sp³-hybridized carbons (Fsp3) is 0.500. The van der Waals surface area contributed by atoms with Crippen molar-refractivity contribution in [1.82, 2.24) is 10.2 Å². The summed E-state index contributed by atoms with van der Waals surface area (Å²) in [5.41, 5.74) is 1.04. The van der Waals surface area contributed by atoms with E-state index >= 15 is 0 Å². The Bertz CT molecular complexity index is 465. The van der Waals surface area contributed by atoms with Gasteiger partial charge < -0.3 is 15.0 Å². The number of nitrogens with one attached hydrogen (secondary N) is 1. The standard InChI is InChI=1S/C14H19ClN2O2/c1-17-9-12(4-6-14(17)18)16-8-10-7-11(15)3-5-13(10)19-2/h3,5,7,12,16H,4,6,8-9H2,1-2H3. The van der Waals surface area contributed by atoms with Crippen molar-refractivity contribution in [2.45, 2.75) is 25.4 Å². The van der Waals surface area contributed by atoms with E-state index in [-0.39, 0.29) is 5.91 Å². The highest BCUT2D eigenvalue weighted by Gasteiger charge is 2.22. The number of nitrogens with zero attached hydrogens (tertiary/aromatic N) is 1. The molecule has 0 spiro atoms. The molecule has 0 aromatic heterocycles. The Morgan fingerprint density at radius 3 is 3.00 bits per heavy atom. The Morgan fingerprint density at radius 1 is 1.53 bits per heavy atom. The number of hydrogen-bond acceptors (Lipinski definition) is 3. The summed E-state index contributed by atoms with van der Waals surface area (Å²) in [4.78, 5) is 13.2. The van der Waals surface area contributed by atoms with E-state index in [0.29, 0.717) is 24.0 Å². The van der Waals surface area contributed by atoms with E-state index in [1.165, 1.54) is 0 Å². The molecule has 1 N–H and O–H groups in total. The molecule has 1 saturated heterocycles. The molecule has 1 aliphatic heterocycles. The Kier molecular flexibility index (Phi) is 4.66. The molecule has 19 heavy (non-hydrogen) atoms. The minimum absolute atomic E-state index is 0.221. The molecule has 1 atom stereocenters. The van der Waals surface area contributed by atoms with Gasteiger partial charge in [-0.05, 0) is 24.6 Å². The molecule has 1 aromatic carbocycles. The summed E-state index contributed by atoms with van der Waals surface area (Å²) in [5, 5.41) is 4.16. The zero-order valence-corrected chi connectivity index (χ0v) is 12.0. The van der Waals surface area contributed by atoms with Crippen molar-refractivity contribution in [1.29, 1.82) is 0 Å². The quantitative estimate of drug-likeness (QED) is 0.919. The third-order valence-electron chi connectivity index (χ3n) is 3.45. The maximum absolute atomic E-state index is 11.4. The van der Waals surface area contributed by atoms with Crippen molar-refractivity contribution in [3.05, 3.63) is 28.8 Å². The summed E-state index contributed by atoms with van der Waals surface area (Å²) in [6, 6.07) is 5.92. The predicted molar refractivity (Wildman–Crippen MR) is 75.5 cm³/mol. The van der Waals surface area contributed by atoms with Gasteiger partial charge in [-0.2, -0.15) is 0 Å². The van der Waals surface area contributed by atoms with Crippen LogP contribution >= 0.6 is 11.6 Å². The fourth-order valence-corrected chi connectivity index (χ4v) is 2.51. The van der Waals surface area contributed by atoms with Gasteiger partial charge in [0.2, 0.25) is 5.91 Å². The summed E-state index contributed by atoms with van der Waals surface area (Å²) >= 11 is 6.00. The highest BCUT2D eigenvalue weighted by Crippen LogP contribution is 2.23. The largest absolute Gasteiger partial charge is 0.496 e. The zero-order valence-electron chi connectivity index (χ0n) is 11.3. The number of amides is 1. The van der Waals surface area contributed by atoms with E-state index in [2.05, 4.69) is 5.32 Å². The Morgan fingerprint density at radius 2 is 2.32 bits per heavy atom. The van der Waals surface area contributed by atoms with Crippen molar-refractivity contribution >= 4 is 17.5 Å². The first kappa shape index (κ1) is 14.2. The molecule has 1 fully saturated rings. The normalized spacial score (nSPS) is 19.6. The molecule has 4 nitrogen and oxygen atoms in total. The number of likely N-dealkylation sites (N-methyl/N-ethyl adjacent to an activating group) is 1. The second-order valence-electron chi connectivity index (χ2n) is 4.85. The number of halogens is 1. The molecule has 1 amide bonds. The highest BCUT2D eigenvalue weighted by molar-refractivity contribution is 6.30. The van der Waals surface area contributed by atoms with Gasteiger partial charge in [-0.1, -0.05) is 11.6 Å². The Hall–Kier alpha value is -1.26. The minimum Gasteiger partial charge on any atom is -0.496 e. The smallest absolute Gasteiger partial charge is 0.222 e. The van der Waals surface area contributed by atoms with Crippen LogP contribution in [-0.2, 0) is 11.3 Å². The Labute approximate surface area is 118 Å². The molecule has 0 aliphatic carbocycles. The molecule has 1 heterocycles. The molecule has 1 unspecified atom stereocenters. The lowest BCUT2D eigenvalue weighted by Crippen LogP contribution is -2.46. The van der Waals surface area contributed by atoms with E-state index in [4.69, 9.17) is 16.3 Å². The average molecular weight is 283 g/mol. The van der Waals surface area contributed by atoms with Crippen LogP contribution in [0.25, 0.3) is 0 Å². The van der Waals surface area contributed by atoms with Crippen LogP contribution in [0, 0.1) is 0 Å². The summed E-state index contributed by atoms with van der Waals surface area (Å²) in [5.74, 6) is 1.05. The van der Waals surface area contributed by atoms with Gasteiger partial charge in [0.25, 0.3) is 0 Å². The van der Waals surface area contributed by atoms with Gasteiger partial charge in [0.05, 0.1) is 7.11 Å². The van der Waals surface area contributed by atoms with E-state index in [9.17, 15) is 4.79 Å². The highest BCUT2D eigenvalue weighted by atomic mass is 35.5. The maximum atomic E-state index is 11.4. The number of likely N-dealkylation sites (tertiary alicyclic amines) is 1. The lowest BCUT2D eigenvalue weighted by molar-refractivity contribution is -0.132. The van der Waals surface area contributed by atoms with Gasteiger partial charge in [0, 0.05) is 43.2 Å². The number of carbonyl (C=O) groups is 1. The van der Waals surface area contributed by atoms with E-state index in [0.717, 1.165) is 24.3 Å². The number of rotatable bonds is 4. The third-order valence-corrected chi connectivity index (χ3v) is 3.69. The monoisotopic (exact) mass is 282 g/mol. The maximum Gasteiger partial charge on any atom is 0.222 e. The topological polar surface area (TPSA) is 41.6 Å². The summed E-state index contributed by atoms with van der Waals surface area (Å²) < 4.78 is 5.32. The predicted octanol–water partition coefficient (Wildman–Crippen LogP) is 2.06. The summed E-state index contributed by atoms with van der Waals surface area (Å²) in [7, 11) is 3.50. The first-order chi connectivity index (χ1) is 9.10. The lowest BCUT2D eigenvalue weighted by Gasteiger charge is -2.30. The molecule has 2 rings (SSSR count). The number of carbonyl (C=O) groups excluding carboxylic acids is 1. The lowest BCUT2D eigenvalue weighted by atomic mass is 10.1.